The molecule has 3 rings (SSSR count). The second-order valence-electron chi connectivity index (χ2n) is 6.28. The van der Waals surface area contributed by atoms with Gasteiger partial charge in [0.2, 0.25) is 0 Å². The summed E-state index contributed by atoms with van der Waals surface area (Å²) in [5, 5.41) is 9.30. The van der Waals surface area contributed by atoms with Gasteiger partial charge in [0.15, 0.2) is 5.78 Å². The number of nitrogens with zero attached hydrogens (tertiary/aromatic N) is 2. The largest absolute Gasteiger partial charge is 0.508 e. The standard InChI is InChI=1S/C20H22N2O4/c1-21(14-19(24)15-5-7-18(23)8-6-15)20(25)16-3-2-4-17(13-16)22-9-11-26-12-10-22/h2-8,13,23H,9-12,14H2,1H3. The van der Waals surface area contributed by atoms with Gasteiger partial charge >= 0.3 is 0 Å². The summed E-state index contributed by atoms with van der Waals surface area (Å²) in [6.45, 7) is 2.93. The minimum atomic E-state index is -0.202. The lowest BCUT2D eigenvalue weighted by Crippen LogP contribution is -2.36. The summed E-state index contributed by atoms with van der Waals surface area (Å²) in [5.74, 6) is -0.275. The highest BCUT2D eigenvalue weighted by Crippen LogP contribution is 2.19. The molecule has 2 aromatic carbocycles. The molecule has 0 aliphatic carbocycles. The van der Waals surface area contributed by atoms with Gasteiger partial charge in [-0.2, -0.15) is 0 Å². The highest BCUT2D eigenvalue weighted by atomic mass is 16.5. The Kier molecular flexibility index (Phi) is 5.53. The average molecular weight is 354 g/mol. The van der Waals surface area contributed by atoms with Crippen LogP contribution in [0.4, 0.5) is 5.69 Å². The number of rotatable bonds is 5. The third-order valence-corrected chi connectivity index (χ3v) is 4.39. The maximum atomic E-state index is 12.7. The van der Waals surface area contributed by atoms with Crippen molar-refractivity contribution < 1.29 is 19.4 Å². The molecule has 6 nitrogen and oxygen atoms in total. The van der Waals surface area contributed by atoms with Crippen LogP contribution >= 0.6 is 0 Å². The topological polar surface area (TPSA) is 70.1 Å². The van der Waals surface area contributed by atoms with E-state index in [1.807, 2.05) is 18.2 Å². The van der Waals surface area contributed by atoms with Crippen molar-refractivity contribution in [2.75, 3.05) is 44.8 Å². The summed E-state index contributed by atoms with van der Waals surface area (Å²) in [6.07, 6.45) is 0. The fourth-order valence-corrected chi connectivity index (χ4v) is 2.90. The van der Waals surface area contributed by atoms with Crippen LogP contribution < -0.4 is 4.90 Å². The number of likely N-dealkylation sites (N-methyl/N-ethyl adjacent to an activating group) is 1. The molecule has 0 bridgehead atoms. The van der Waals surface area contributed by atoms with Gasteiger partial charge in [-0.3, -0.25) is 9.59 Å². The summed E-state index contributed by atoms with van der Waals surface area (Å²) >= 11 is 0. The van der Waals surface area contributed by atoms with E-state index in [9.17, 15) is 14.7 Å². The Bertz CT molecular complexity index is 783. The van der Waals surface area contributed by atoms with E-state index < -0.39 is 0 Å². The number of ether oxygens (including phenoxy) is 1. The molecule has 26 heavy (non-hydrogen) atoms. The van der Waals surface area contributed by atoms with E-state index in [4.69, 9.17) is 4.74 Å². The van der Waals surface area contributed by atoms with Crippen LogP contribution in [0.2, 0.25) is 0 Å². The number of ketones is 1. The van der Waals surface area contributed by atoms with E-state index >= 15 is 0 Å². The van der Waals surface area contributed by atoms with Crippen LogP contribution in [0.1, 0.15) is 20.7 Å². The number of carbonyl (C=O) groups is 2. The lowest BCUT2D eigenvalue weighted by atomic mass is 10.1. The molecule has 0 unspecified atom stereocenters. The van der Waals surface area contributed by atoms with Crippen LogP contribution in [0.25, 0.3) is 0 Å². The fraction of sp³-hybridized carbons (Fsp3) is 0.300. The second kappa shape index (κ2) is 8.01. The first kappa shape index (κ1) is 17.9. The molecule has 1 aliphatic heterocycles. The molecule has 0 spiro atoms. The zero-order valence-corrected chi connectivity index (χ0v) is 14.7. The summed E-state index contributed by atoms with van der Waals surface area (Å²) in [4.78, 5) is 28.6. The quantitative estimate of drug-likeness (QED) is 0.834. The Labute approximate surface area is 152 Å². The first-order valence-corrected chi connectivity index (χ1v) is 8.55. The average Bonchev–Trinajstić information content (AvgIpc) is 2.68. The number of Topliss-reactive ketones (excluding diaryl/α,β-unsaturated/α-hetero) is 1. The van der Waals surface area contributed by atoms with Crippen molar-refractivity contribution in [3.63, 3.8) is 0 Å². The van der Waals surface area contributed by atoms with E-state index in [1.165, 1.54) is 17.0 Å². The number of anilines is 1. The van der Waals surface area contributed by atoms with Gasteiger partial charge in [0, 0.05) is 37.0 Å². The first-order chi connectivity index (χ1) is 12.5. The number of phenolic OH excluding ortho intramolecular Hbond substituents is 1. The number of morpholine rings is 1. The van der Waals surface area contributed by atoms with Gasteiger partial charge in [0.1, 0.15) is 5.75 Å². The molecule has 1 amide bonds. The van der Waals surface area contributed by atoms with Gasteiger partial charge in [-0.15, -0.1) is 0 Å². The summed E-state index contributed by atoms with van der Waals surface area (Å²) in [7, 11) is 1.61. The molecule has 1 saturated heterocycles. The lowest BCUT2D eigenvalue weighted by molar-refractivity contribution is 0.0747. The molecule has 0 radical (unpaired) electrons. The molecule has 1 aliphatic rings. The predicted octanol–water partition coefficient (Wildman–Crippen LogP) is 2.18. The third kappa shape index (κ3) is 4.21. The Hall–Kier alpha value is -2.86. The maximum absolute atomic E-state index is 12.7. The van der Waals surface area contributed by atoms with Crippen molar-refractivity contribution >= 4 is 17.4 Å². The zero-order chi connectivity index (χ0) is 18.5. The molecule has 1 heterocycles. The molecule has 2 aromatic rings. The van der Waals surface area contributed by atoms with Gasteiger partial charge in [0.05, 0.1) is 19.8 Å². The number of amides is 1. The van der Waals surface area contributed by atoms with E-state index in [2.05, 4.69) is 4.90 Å². The number of phenols is 1. The zero-order valence-electron chi connectivity index (χ0n) is 14.7. The van der Waals surface area contributed by atoms with E-state index in [-0.39, 0.29) is 24.0 Å². The Balaban J connectivity index is 1.68. The second-order valence-corrected chi connectivity index (χ2v) is 6.28. The first-order valence-electron chi connectivity index (χ1n) is 8.55. The summed E-state index contributed by atoms with van der Waals surface area (Å²) < 4.78 is 5.36. The number of benzene rings is 2. The third-order valence-electron chi connectivity index (χ3n) is 4.39. The van der Waals surface area contributed by atoms with Crippen LogP contribution in [0.3, 0.4) is 0 Å². The Morgan fingerprint density at radius 3 is 2.46 bits per heavy atom. The predicted molar refractivity (Wildman–Crippen MR) is 98.9 cm³/mol. The maximum Gasteiger partial charge on any atom is 0.254 e. The minimum Gasteiger partial charge on any atom is -0.508 e. The molecule has 6 heteroatoms. The molecule has 0 atom stereocenters. The lowest BCUT2D eigenvalue weighted by Gasteiger charge is -2.29. The SMILES string of the molecule is CN(CC(=O)c1ccc(O)cc1)C(=O)c1cccc(N2CCOCC2)c1. The minimum absolute atomic E-state index is 0.0224. The number of aromatic hydroxyl groups is 1. The molecule has 0 aromatic heterocycles. The number of hydrogen-bond donors (Lipinski definition) is 1. The van der Waals surface area contributed by atoms with Gasteiger partial charge in [-0.25, -0.2) is 0 Å². The van der Waals surface area contributed by atoms with Crippen LogP contribution in [0.5, 0.6) is 5.75 Å². The van der Waals surface area contributed by atoms with Crippen molar-refractivity contribution in [3.05, 3.63) is 59.7 Å². The van der Waals surface area contributed by atoms with Crippen LogP contribution in [0, 0.1) is 0 Å². The van der Waals surface area contributed by atoms with Gasteiger partial charge < -0.3 is 19.6 Å². The van der Waals surface area contributed by atoms with E-state index in [1.54, 1.807) is 25.2 Å². The molecule has 0 saturated carbocycles. The van der Waals surface area contributed by atoms with E-state index in [0.29, 0.717) is 24.3 Å². The molecular formula is C20H22N2O4. The number of hydrogen-bond acceptors (Lipinski definition) is 5. The molecule has 1 fully saturated rings. The Morgan fingerprint density at radius 2 is 1.77 bits per heavy atom. The van der Waals surface area contributed by atoms with Crippen molar-refractivity contribution in [1.29, 1.82) is 0 Å². The summed E-state index contributed by atoms with van der Waals surface area (Å²) in [5.41, 5.74) is 2.00. The van der Waals surface area contributed by atoms with Gasteiger partial charge in [-0.1, -0.05) is 6.07 Å². The van der Waals surface area contributed by atoms with Crippen molar-refractivity contribution in [1.82, 2.24) is 4.90 Å². The smallest absolute Gasteiger partial charge is 0.254 e. The fourth-order valence-electron chi connectivity index (χ4n) is 2.90. The normalized spacial score (nSPS) is 14.1. The molecular weight excluding hydrogens is 332 g/mol. The van der Waals surface area contributed by atoms with Crippen LogP contribution in [-0.4, -0.2) is 61.6 Å². The highest BCUT2D eigenvalue weighted by Gasteiger charge is 2.18. The van der Waals surface area contributed by atoms with Crippen LogP contribution in [0.15, 0.2) is 48.5 Å². The molecule has 136 valence electrons. The monoisotopic (exact) mass is 354 g/mol. The van der Waals surface area contributed by atoms with Crippen molar-refractivity contribution in [2.45, 2.75) is 0 Å². The van der Waals surface area contributed by atoms with Crippen molar-refractivity contribution in [2.24, 2.45) is 0 Å². The number of carbonyl (C=O) groups excluding carboxylic acids is 2. The molecule has 1 N–H and O–H groups in total. The van der Waals surface area contributed by atoms with Gasteiger partial charge in [-0.05, 0) is 42.5 Å². The van der Waals surface area contributed by atoms with Gasteiger partial charge in [0.25, 0.3) is 5.91 Å². The van der Waals surface area contributed by atoms with Crippen LogP contribution in [-0.2, 0) is 4.74 Å². The Morgan fingerprint density at radius 1 is 1.08 bits per heavy atom. The van der Waals surface area contributed by atoms with E-state index in [0.717, 1.165) is 18.8 Å². The van der Waals surface area contributed by atoms with Crippen molar-refractivity contribution in [3.8, 4) is 5.75 Å². The highest BCUT2D eigenvalue weighted by molar-refractivity contribution is 6.02. The summed E-state index contributed by atoms with van der Waals surface area (Å²) in [6, 6.07) is 13.5.